The molecule has 28 heavy (non-hydrogen) atoms. The number of halogens is 3. The van der Waals surface area contributed by atoms with Gasteiger partial charge in [0, 0.05) is 23.1 Å². The lowest BCUT2D eigenvalue weighted by Gasteiger charge is -2.31. The fourth-order valence-electron chi connectivity index (χ4n) is 2.95. The molecule has 0 aromatic heterocycles. The van der Waals surface area contributed by atoms with Gasteiger partial charge in [-0.2, -0.15) is 0 Å². The summed E-state index contributed by atoms with van der Waals surface area (Å²) in [5.74, 6) is -0.872. The van der Waals surface area contributed by atoms with E-state index >= 15 is 0 Å². The number of likely N-dealkylation sites (N-methyl/N-ethyl adjacent to an activating group) is 1. The van der Waals surface area contributed by atoms with Crippen molar-refractivity contribution in [1.82, 2.24) is 10.2 Å². The predicted octanol–water partition coefficient (Wildman–Crippen LogP) is 4.62. The monoisotopic (exact) mass is 424 g/mol. The third-order valence-corrected chi connectivity index (χ3v) is 5.10. The van der Waals surface area contributed by atoms with Crippen LogP contribution >= 0.6 is 23.2 Å². The normalized spacial score (nSPS) is 11.8. The Balaban J connectivity index is 2.33. The predicted molar refractivity (Wildman–Crippen MR) is 110 cm³/mol. The number of rotatable bonds is 8. The van der Waals surface area contributed by atoms with Gasteiger partial charge in [-0.05, 0) is 48.7 Å². The van der Waals surface area contributed by atoms with Gasteiger partial charge >= 0.3 is 0 Å². The van der Waals surface area contributed by atoms with Crippen LogP contribution in [0, 0.1) is 5.82 Å². The first-order valence-corrected chi connectivity index (χ1v) is 9.87. The average Bonchev–Trinajstić information content (AvgIpc) is 2.66. The van der Waals surface area contributed by atoms with Crippen molar-refractivity contribution < 1.29 is 14.0 Å². The molecule has 0 spiro atoms. The molecule has 2 aromatic rings. The van der Waals surface area contributed by atoms with Crippen molar-refractivity contribution in [3.63, 3.8) is 0 Å². The second-order valence-corrected chi connectivity index (χ2v) is 7.16. The largest absolute Gasteiger partial charge is 0.355 e. The molecule has 0 saturated heterocycles. The Bertz CT molecular complexity index is 807. The van der Waals surface area contributed by atoms with Crippen LogP contribution in [0.15, 0.2) is 42.5 Å². The molecule has 150 valence electrons. The fraction of sp³-hybridized carbons (Fsp3) is 0.333. The van der Waals surface area contributed by atoms with Crippen LogP contribution in [0.25, 0.3) is 0 Å². The van der Waals surface area contributed by atoms with Crippen molar-refractivity contribution in [2.45, 2.75) is 39.3 Å². The molecular weight excluding hydrogens is 402 g/mol. The summed E-state index contributed by atoms with van der Waals surface area (Å²) in [6, 6.07) is 10.2. The first-order chi connectivity index (χ1) is 13.4. The summed E-state index contributed by atoms with van der Waals surface area (Å²) >= 11 is 12.4. The van der Waals surface area contributed by atoms with E-state index in [2.05, 4.69) is 5.32 Å². The van der Waals surface area contributed by atoms with Crippen LogP contribution in [0.4, 0.5) is 4.39 Å². The van der Waals surface area contributed by atoms with Crippen LogP contribution in [-0.4, -0.2) is 29.3 Å². The lowest BCUT2D eigenvalue weighted by Crippen LogP contribution is -2.49. The van der Waals surface area contributed by atoms with Crippen LogP contribution in [0.2, 0.25) is 10.0 Å². The van der Waals surface area contributed by atoms with Gasteiger partial charge in [0.25, 0.3) is 0 Å². The maximum Gasteiger partial charge on any atom is 0.242 e. The molecule has 0 aliphatic rings. The van der Waals surface area contributed by atoms with Gasteiger partial charge in [0.15, 0.2) is 0 Å². The van der Waals surface area contributed by atoms with Crippen LogP contribution in [-0.2, 0) is 22.6 Å². The molecule has 2 rings (SSSR count). The third-order valence-electron chi connectivity index (χ3n) is 4.39. The van der Waals surface area contributed by atoms with Crippen molar-refractivity contribution >= 4 is 35.0 Å². The van der Waals surface area contributed by atoms with Crippen molar-refractivity contribution in [2.75, 3.05) is 6.54 Å². The molecule has 2 aromatic carbocycles. The summed E-state index contributed by atoms with van der Waals surface area (Å²) in [6.07, 6.45) is 0.407. The molecular formula is C21H23Cl2FN2O2. The quantitative estimate of drug-likeness (QED) is 0.671. The number of nitrogens with zero attached hydrogens (tertiary/aromatic N) is 1. The van der Waals surface area contributed by atoms with Gasteiger partial charge in [0.05, 0.1) is 6.42 Å². The number of hydrogen-bond acceptors (Lipinski definition) is 2. The molecule has 0 aliphatic heterocycles. The van der Waals surface area contributed by atoms with E-state index in [4.69, 9.17) is 23.2 Å². The minimum Gasteiger partial charge on any atom is -0.355 e. The highest BCUT2D eigenvalue weighted by molar-refractivity contribution is 6.36. The summed E-state index contributed by atoms with van der Waals surface area (Å²) in [4.78, 5) is 27.2. The highest BCUT2D eigenvalue weighted by Gasteiger charge is 2.29. The van der Waals surface area contributed by atoms with E-state index in [1.807, 2.05) is 13.8 Å². The van der Waals surface area contributed by atoms with Gasteiger partial charge in [-0.25, -0.2) is 4.39 Å². The third kappa shape index (κ3) is 5.69. The van der Waals surface area contributed by atoms with E-state index in [0.29, 0.717) is 28.6 Å². The van der Waals surface area contributed by atoms with Gasteiger partial charge in [-0.15, -0.1) is 0 Å². The van der Waals surface area contributed by atoms with Crippen molar-refractivity contribution in [3.05, 3.63) is 69.5 Å². The zero-order chi connectivity index (χ0) is 20.7. The van der Waals surface area contributed by atoms with Crippen LogP contribution in [0.1, 0.15) is 31.4 Å². The first-order valence-electron chi connectivity index (χ1n) is 9.11. The van der Waals surface area contributed by atoms with Gasteiger partial charge in [0.2, 0.25) is 11.8 Å². The molecule has 1 N–H and O–H groups in total. The molecule has 0 radical (unpaired) electrons. The summed E-state index contributed by atoms with van der Waals surface area (Å²) in [5, 5.41) is 3.56. The summed E-state index contributed by atoms with van der Waals surface area (Å²) in [5.41, 5.74) is 1.24. The SMILES string of the molecule is CCNC(=O)[C@H](CC)N(Cc1ccc(F)cc1)C(=O)Cc1c(Cl)cccc1Cl. The number of carbonyl (C=O) groups is 2. The molecule has 0 fully saturated rings. The highest BCUT2D eigenvalue weighted by Crippen LogP contribution is 2.26. The molecule has 2 amide bonds. The lowest BCUT2D eigenvalue weighted by molar-refractivity contribution is -0.140. The van der Waals surface area contributed by atoms with Crippen molar-refractivity contribution in [3.8, 4) is 0 Å². The summed E-state index contributed by atoms with van der Waals surface area (Å²) in [6.45, 7) is 4.30. The minimum absolute atomic E-state index is 0.0321. The smallest absolute Gasteiger partial charge is 0.242 e. The van der Waals surface area contributed by atoms with Crippen molar-refractivity contribution in [1.29, 1.82) is 0 Å². The number of hydrogen-bond donors (Lipinski definition) is 1. The standard InChI is InChI=1S/C21H23Cl2FN2O2/c1-3-19(21(28)25-4-2)26(13-14-8-10-15(24)11-9-14)20(27)12-16-17(22)6-5-7-18(16)23/h5-11,19H,3-4,12-13H2,1-2H3,(H,25,28)/t19-/m0/s1. The molecule has 0 heterocycles. The van der Waals surface area contributed by atoms with Crippen LogP contribution in [0.5, 0.6) is 0 Å². The lowest BCUT2D eigenvalue weighted by atomic mass is 10.1. The Morgan fingerprint density at radius 2 is 1.68 bits per heavy atom. The Morgan fingerprint density at radius 1 is 1.07 bits per heavy atom. The Labute approximate surface area is 174 Å². The Kier molecular flexibility index (Phi) is 8.27. The summed E-state index contributed by atoms with van der Waals surface area (Å²) in [7, 11) is 0. The van der Waals surface area contributed by atoms with Gasteiger partial charge in [0.1, 0.15) is 11.9 Å². The van der Waals surface area contributed by atoms with Crippen molar-refractivity contribution in [2.24, 2.45) is 0 Å². The number of carbonyl (C=O) groups excluding carboxylic acids is 2. The summed E-state index contributed by atoms with van der Waals surface area (Å²) < 4.78 is 13.2. The van der Waals surface area contributed by atoms with E-state index in [0.717, 1.165) is 5.56 Å². The van der Waals surface area contributed by atoms with E-state index in [9.17, 15) is 14.0 Å². The van der Waals surface area contributed by atoms with Crippen LogP contribution in [0.3, 0.4) is 0 Å². The zero-order valence-electron chi connectivity index (χ0n) is 15.8. The molecule has 0 unspecified atom stereocenters. The molecule has 4 nitrogen and oxygen atoms in total. The fourth-order valence-corrected chi connectivity index (χ4v) is 3.48. The van der Waals surface area contributed by atoms with Gasteiger partial charge < -0.3 is 10.2 Å². The topological polar surface area (TPSA) is 49.4 Å². The van der Waals surface area contributed by atoms with E-state index in [1.54, 1.807) is 30.3 Å². The minimum atomic E-state index is -0.654. The van der Waals surface area contributed by atoms with Crippen LogP contribution < -0.4 is 5.32 Å². The van der Waals surface area contributed by atoms with E-state index < -0.39 is 6.04 Å². The maximum atomic E-state index is 13.2. The maximum absolute atomic E-state index is 13.2. The molecule has 7 heteroatoms. The molecule has 0 aliphatic carbocycles. The van der Waals surface area contributed by atoms with E-state index in [1.165, 1.54) is 17.0 Å². The second-order valence-electron chi connectivity index (χ2n) is 6.34. The molecule has 0 saturated carbocycles. The Hall–Kier alpha value is -2.11. The molecule has 1 atom stereocenters. The highest BCUT2D eigenvalue weighted by atomic mass is 35.5. The Morgan fingerprint density at radius 3 is 2.21 bits per heavy atom. The average molecular weight is 425 g/mol. The first kappa shape index (κ1) is 22.2. The van der Waals surface area contributed by atoms with E-state index in [-0.39, 0.29) is 30.6 Å². The van der Waals surface area contributed by atoms with Gasteiger partial charge in [-0.3, -0.25) is 9.59 Å². The zero-order valence-corrected chi connectivity index (χ0v) is 17.4. The number of nitrogens with one attached hydrogen (secondary N) is 1. The second kappa shape index (κ2) is 10.4. The molecule has 0 bridgehead atoms. The number of amides is 2. The van der Waals surface area contributed by atoms with Gasteiger partial charge in [-0.1, -0.05) is 48.3 Å². The number of benzene rings is 2.